The molecule has 0 aliphatic heterocycles. The molecule has 0 saturated carbocycles. The molecule has 1 rings (SSSR count). The lowest BCUT2D eigenvalue weighted by molar-refractivity contribution is -0.385. The van der Waals surface area contributed by atoms with E-state index in [0.717, 1.165) is 12.1 Å². The number of hydrogen-bond acceptors (Lipinski definition) is 3. The first-order valence-electron chi connectivity index (χ1n) is 4.45. The van der Waals surface area contributed by atoms with Crippen LogP contribution in [-0.4, -0.2) is 4.92 Å². The van der Waals surface area contributed by atoms with E-state index in [4.69, 9.17) is 5.26 Å². The molecule has 0 saturated heterocycles. The number of nitro benzene ring substituents is 1. The van der Waals surface area contributed by atoms with Crippen molar-refractivity contribution < 1.29 is 9.31 Å². The molecule has 0 aliphatic carbocycles. The molecular formula is C10H9FN2O2. The number of halogens is 1. The van der Waals surface area contributed by atoms with Gasteiger partial charge in [0.05, 0.1) is 11.0 Å². The van der Waals surface area contributed by atoms with Gasteiger partial charge in [0.15, 0.2) is 0 Å². The van der Waals surface area contributed by atoms with Crippen LogP contribution in [0.2, 0.25) is 0 Å². The summed E-state index contributed by atoms with van der Waals surface area (Å²) in [6, 6.07) is 5.36. The first kappa shape index (κ1) is 11.1. The van der Waals surface area contributed by atoms with Crippen LogP contribution >= 0.6 is 0 Å². The largest absolute Gasteiger partial charge is 0.269 e. The van der Waals surface area contributed by atoms with Gasteiger partial charge in [-0.3, -0.25) is 10.1 Å². The van der Waals surface area contributed by atoms with E-state index < -0.39 is 10.7 Å². The highest BCUT2D eigenvalue weighted by atomic mass is 19.1. The summed E-state index contributed by atoms with van der Waals surface area (Å²) in [7, 11) is 0. The molecular weight excluding hydrogens is 199 g/mol. The Labute approximate surface area is 86.1 Å². The molecule has 0 atom stereocenters. The molecule has 0 radical (unpaired) electrons. The molecule has 0 aromatic heterocycles. The molecule has 78 valence electrons. The molecule has 0 heterocycles. The fourth-order valence-electron chi connectivity index (χ4n) is 1.22. The van der Waals surface area contributed by atoms with E-state index in [1.165, 1.54) is 6.07 Å². The van der Waals surface area contributed by atoms with Crippen LogP contribution in [0, 0.1) is 27.3 Å². The van der Waals surface area contributed by atoms with Crippen molar-refractivity contribution in [3.8, 4) is 6.07 Å². The number of non-ortho nitro benzene ring substituents is 1. The predicted octanol–water partition coefficient (Wildman–Crippen LogP) is 2.58. The standard InChI is InChI=1S/C10H9FN2O2/c11-10-5-4-9(13(14)15)7-8(10)3-1-2-6-12/h4-5,7H,1-3H2. The first-order chi connectivity index (χ1) is 7.15. The van der Waals surface area contributed by atoms with E-state index in [2.05, 4.69) is 0 Å². The molecule has 0 amide bonds. The van der Waals surface area contributed by atoms with Gasteiger partial charge >= 0.3 is 0 Å². The summed E-state index contributed by atoms with van der Waals surface area (Å²) in [6.07, 6.45) is 1.18. The van der Waals surface area contributed by atoms with Crippen LogP contribution in [0.4, 0.5) is 10.1 Å². The maximum absolute atomic E-state index is 13.2. The average molecular weight is 208 g/mol. The van der Waals surface area contributed by atoms with Crippen molar-refractivity contribution in [2.45, 2.75) is 19.3 Å². The third-order valence-corrected chi connectivity index (χ3v) is 1.97. The summed E-state index contributed by atoms with van der Waals surface area (Å²) in [5.74, 6) is -0.460. The van der Waals surface area contributed by atoms with Crippen LogP contribution < -0.4 is 0 Å². The summed E-state index contributed by atoms with van der Waals surface area (Å²) in [5.41, 5.74) is 0.169. The fourth-order valence-corrected chi connectivity index (χ4v) is 1.22. The van der Waals surface area contributed by atoms with Crippen molar-refractivity contribution >= 4 is 5.69 Å². The van der Waals surface area contributed by atoms with E-state index >= 15 is 0 Å². The first-order valence-corrected chi connectivity index (χ1v) is 4.45. The molecule has 1 aromatic carbocycles. The molecule has 5 heteroatoms. The van der Waals surface area contributed by atoms with Crippen molar-refractivity contribution in [2.75, 3.05) is 0 Å². The molecule has 15 heavy (non-hydrogen) atoms. The Kier molecular flexibility index (Phi) is 3.75. The summed E-state index contributed by atoms with van der Waals surface area (Å²) < 4.78 is 13.2. The molecule has 0 bridgehead atoms. The fraction of sp³-hybridized carbons (Fsp3) is 0.300. The minimum atomic E-state index is -0.562. The molecule has 0 spiro atoms. The summed E-state index contributed by atoms with van der Waals surface area (Å²) in [4.78, 5) is 9.86. The second-order valence-corrected chi connectivity index (χ2v) is 3.04. The predicted molar refractivity (Wildman–Crippen MR) is 51.6 cm³/mol. The zero-order valence-electron chi connectivity index (χ0n) is 7.94. The van der Waals surface area contributed by atoms with E-state index in [1.807, 2.05) is 6.07 Å². The minimum Gasteiger partial charge on any atom is -0.258 e. The number of unbranched alkanes of at least 4 members (excludes halogenated alkanes) is 1. The highest BCUT2D eigenvalue weighted by Gasteiger charge is 2.10. The maximum Gasteiger partial charge on any atom is 0.269 e. The zero-order valence-corrected chi connectivity index (χ0v) is 7.94. The minimum absolute atomic E-state index is 0.122. The van der Waals surface area contributed by atoms with Crippen LogP contribution in [0.5, 0.6) is 0 Å². The van der Waals surface area contributed by atoms with E-state index in [9.17, 15) is 14.5 Å². The summed E-state index contributed by atoms with van der Waals surface area (Å²) in [5, 5.41) is 18.7. The second-order valence-electron chi connectivity index (χ2n) is 3.04. The second kappa shape index (κ2) is 5.05. The third-order valence-electron chi connectivity index (χ3n) is 1.97. The number of hydrogen-bond donors (Lipinski definition) is 0. The maximum atomic E-state index is 13.2. The van der Waals surface area contributed by atoms with Crippen molar-refractivity contribution in [1.82, 2.24) is 0 Å². The Morgan fingerprint density at radius 1 is 1.53 bits per heavy atom. The van der Waals surface area contributed by atoms with Crippen LogP contribution in [0.15, 0.2) is 18.2 Å². The highest BCUT2D eigenvalue weighted by Crippen LogP contribution is 2.18. The Bertz CT molecular complexity index is 412. The molecule has 0 fully saturated rings. The van der Waals surface area contributed by atoms with Gasteiger partial charge in [-0.1, -0.05) is 0 Å². The van der Waals surface area contributed by atoms with Gasteiger partial charge in [0.1, 0.15) is 5.82 Å². The Balaban J connectivity index is 2.82. The van der Waals surface area contributed by atoms with Crippen molar-refractivity contribution in [3.63, 3.8) is 0 Å². The SMILES string of the molecule is N#CCCCc1cc([N+](=O)[O-])ccc1F. The van der Waals surface area contributed by atoms with Gasteiger partial charge in [0.25, 0.3) is 5.69 Å². The monoisotopic (exact) mass is 208 g/mol. The number of nitrogens with zero attached hydrogens (tertiary/aromatic N) is 2. The van der Waals surface area contributed by atoms with Gasteiger partial charge < -0.3 is 0 Å². The average Bonchev–Trinajstić information content (AvgIpc) is 2.20. The summed E-state index contributed by atoms with van der Waals surface area (Å²) in [6.45, 7) is 0. The number of benzene rings is 1. The third kappa shape index (κ3) is 3.02. The van der Waals surface area contributed by atoms with E-state index in [1.54, 1.807) is 0 Å². The molecule has 1 aromatic rings. The molecule has 0 N–H and O–H groups in total. The zero-order chi connectivity index (χ0) is 11.3. The number of rotatable bonds is 4. The van der Waals surface area contributed by atoms with Gasteiger partial charge in [-0.15, -0.1) is 0 Å². The lowest BCUT2D eigenvalue weighted by Crippen LogP contribution is -1.94. The molecule has 0 unspecified atom stereocenters. The van der Waals surface area contributed by atoms with Gasteiger partial charge in [0, 0.05) is 18.6 Å². The Hall–Kier alpha value is -1.96. The van der Waals surface area contributed by atoms with Gasteiger partial charge in [-0.2, -0.15) is 5.26 Å². The number of nitriles is 1. The van der Waals surface area contributed by atoms with Gasteiger partial charge in [-0.25, -0.2) is 4.39 Å². The smallest absolute Gasteiger partial charge is 0.258 e. The van der Waals surface area contributed by atoms with Crippen LogP contribution in [0.1, 0.15) is 18.4 Å². The lowest BCUT2D eigenvalue weighted by Gasteiger charge is -2.00. The highest BCUT2D eigenvalue weighted by molar-refractivity contribution is 5.35. The van der Waals surface area contributed by atoms with Crippen LogP contribution in [-0.2, 0) is 6.42 Å². The van der Waals surface area contributed by atoms with Crippen molar-refractivity contribution in [3.05, 3.63) is 39.7 Å². The van der Waals surface area contributed by atoms with E-state index in [0.29, 0.717) is 24.8 Å². The van der Waals surface area contributed by atoms with Crippen LogP contribution in [0.3, 0.4) is 0 Å². The molecule has 0 aliphatic rings. The normalized spacial score (nSPS) is 9.60. The van der Waals surface area contributed by atoms with Crippen molar-refractivity contribution in [2.24, 2.45) is 0 Å². The number of aryl methyl sites for hydroxylation is 1. The quantitative estimate of drug-likeness (QED) is 0.434. The summed E-state index contributed by atoms with van der Waals surface area (Å²) >= 11 is 0. The Morgan fingerprint density at radius 2 is 2.27 bits per heavy atom. The van der Waals surface area contributed by atoms with Crippen LogP contribution in [0.25, 0.3) is 0 Å². The topological polar surface area (TPSA) is 66.9 Å². The van der Waals surface area contributed by atoms with Crippen molar-refractivity contribution in [1.29, 1.82) is 5.26 Å². The van der Waals surface area contributed by atoms with Gasteiger partial charge in [-0.05, 0) is 24.5 Å². The lowest BCUT2D eigenvalue weighted by atomic mass is 10.1. The number of nitro groups is 1. The Morgan fingerprint density at radius 3 is 2.87 bits per heavy atom. The molecule has 4 nitrogen and oxygen atoms in total. The van der Waals surface area contributed by atoms with Gasteiger partial charge in [0.2, 0.25) is 0 Å². The van der Waals surface area contributed by atoms with E-state index in [-0.39, 0.29) is 5.69 Å².